The second-order valence-corrected chi connectivity index (χ2v) is 9.58. The van der Waals surface area contributed by atoms with E-state index >= 15 is 0 Å². The van der Waals surface area contributed by atoms with Gasteiger partial charge in [-0.1, -0.05) is 18.2 Å². The van der Waals surface area contributed by atoms with Crippen molar-refractivity contribution >= 4 is 15.9 Å². The van der Waals surface area contributed by atoms with E-state index in [0.29, 0.717) is 0 Å². The fraction of sp³-hybridized carbons (Fsp3) is 0.304. The van der Waals surface area contributed by atoms with Crippen LogP contribution in [0.1, 0.15) is 42.5 Å². The maximum Gasteiger partial charge on any atom is 0.241 e. The van der Waals surface area contributed by atoms with Gasteiger partial charge in [0.1, 0.15) is 0 Å². The molecule has 1 aromatic heterocycles. The van der Waals surface area contributed by atoms with Crippen molar-refractivity contribution in [3.8, 4) is 5.69 Å². The van der Waals surface area contributed by atoms with E-state index in [9.17, 15) is 13.2 Å². The van der Waals surface area contributed by atoms with Crippen LogP contribution in [0.4, 0.5) is 0 Å². The van der Waals surface area contributed by atoms with Gasteiger partial charge in [-0.15, -0.1) is 0 Å². The fourth-order valence-corrected chi connectivity index (χ4v) is 4.88. The Morgan fingerprint density at radius 3 is 2.55 bits per heavy atom. The van der Waals surface area contributed by atoms with Gasteiger partial charge < -0.3 is 9.88 Å². The molecule has 1 unspecified atom stereocenters. The highest BCUT2D eigenvalue weighted by Crippen LogP contribution is 2.24. The molecule has 0 saturated heterocycles. The number of benzene rings is 2. The van der Waals surface area contributed by atoms with Crippen LogP contribution < -0.4 is 10.0 Å². The van der Waals surface area contributed by atoms with E-state index in [0.717, 1.165) is 42.5 Å². The number of imidazole rings is 1. The number of hydrogen-bond acceptors (Lipinski definition) is 4. The number of aromatic nitrogens is 2. The van der Waals surface area contributed by atoms with Gasteiger partial charge >= 0.3 is 0 Å². The number of nitrogens with zero attached hydrogens (tertiary/aromatic N) is 2. The predicted octanol–water partition coefficient (Wildman–Crippen LogP) is 2.91. The van der Waals surface area contributed by atoms with Gasteiger partial charge in [0.05, 0.1) is 23.8 Å². The molecule has 8 heteroatoms. The quantitative estimate of drug-likeness (QED) is 0.593. The Hall–Kier alpha value is -2.97. The molecule has 0 fully saturated rings. The smallest absolute Gasteiger partial charge is 0.241 e. The normalized spacial score (nSPS) is 14.6. The number of nitrogens with one attached hydrogen (secondary N) is 2. The third-order valence-corrected chi connectivity index (χ3v) is 7.03. The third-order valence-electron chi connectivity index (χ3n) is 5.63. The van der Waals surface area contributed by atoms with E-state index in [1.54, 1.807) is 24.7 Å². The van der Waals surface area contributed by atoms with Crippen molar-refractivity contribution in [2.75, 3.05) is 6.54 Å². The second-order valence-electron chi connectivity index (χ2n) is 7.81. The van der Waals surface area contributed by atoms with Crippen LogP contribution in [0.3, 0.4) is 0 Å². The molecule has 1 atom stereocenters. The molecule has 1 aliphatic carbocycles. The minimum absolute atomic E-state index is 0.212. The number of aryl methyl sites for hydroxylation is 2. The van der Waals surface area contributed by atoms with Crippen molar-refractivity contribution in [2.24, 2.45) is 0 Å². The van der Waals surface area contributed by atoms with Gasteiger partial charge in [-0.2, -0.15) is 0 Å². The highest BCUT2D eigenvalue weighted by atomic mass is 32.2. The van der Waals surface area contributed by atoms with E-state index in [1.807, 2.05) is 48.0 Å². The number of fused-ring (bicyclic) bond motifs is 1. The summed E-state index contributed by atoms with van der Waals surface area (Å²) in [5, 5.41) is 2.84. The molecule has 2 N–H and O–H groups in total. The first-order chi connectivity index (χ1) is 14.9. The van der Waals surface area contributed by atoms with Crippen LogP contribution in [0.5, 0.6) is 0 Å². The lowest BCUT2D eigenvalue weighted by Gasteiger charge is -2.17. The minimum Gasteiger partial charge on any atom is -0.348 e. The van der Waals surface area contributed by atoms with Crippen molar-refractivity contribution < 1.29 is 13.2 Å². The fourth-order valence-electron chi connectivity index (χ4n) is 3.84. The zero-order chi connectivity index (χ0) is 21.8. The highest BCUT2D eigenvalue weighted by molar-refractivity contribution is 7.89. The number of rotatable bonds is 7. The average molecular weight is 439 g/mol. The maximum atomic E-state index is 12.6. The van der Waals surface area contributed by atoms with Crippen LogP contribution in [0, 0.1) is 0 Å². The lowest BCUT2D eigenvalue weighted by molar-refractivity contribution is -0.120. The molecule has 4 rings (SSSR count). The Balaban J connectivity index is 1.34. The Labute approximate surface area is 182 Å². The molecular weight excluding hydrogens is 412 g/mol. The van der Waals surface area contributed by atoms with Crippen LogP contribution in [-0.4, -0.2) is 30.4 Å². The molecule has 1 heterocycles. The van der Waals surface area contributed by atoms with Crippen molar-refractivity contribution in [2.45, 2.75) is 43.5 Å². The molecule has 31 heavy (non-hydrogen) atoms. The molecule has 0 bridgehead atoms. The molecule has 0 spiro atoms. The number of amides is 1. The first kappa shape index (κ1) is 21.3. The summed E-state index contributed by atoms with van der Waals surface area (Å²) >= 11 is 0. The summed E-state index contributed by atoms with van der Waals surface area (Å²) in [5.41, 5.74) is 4.20. The van der Waals surface area contributed by atoms with Crippen molar-refractivity contribution in [1.29, 1.82) is 0 Å². The topological polar surface area (TPSA) is 93.1 Å². The summed E-state index contributed by atoms with van der Waals surface area (Å²) in [7, 11) is -3.74. The van der Waals surface area contributed by atoms with Crippen LogP contribution >= 0.6 is 0 Å². The number of hydrogen-bond donors (Lipinski definition) is 2. The molecule has 1 aliphatic rings. The standard InChI is InChI=1S/C23H26N4O3S/c1-17(18-6-9-21(10-7-18)27-13-12-24-16-27)26-23(28)15-25-31(29,30)22-11-8-19-4-2-3-5-20(19)14-22/h6-14,16-17,25H,2-5,15H2,1H3,(H,26,28). The molecule has 7 nitrogen and oxygen atoms in total. The van der Waals surface area contributed by atoms with Gasteiger partial charge in [0.2, 0.25) is 15.9 Å². The average Bonchev–Trinajstić information content (AvgIpc) is 3.32. The van der Waals surface area contributed by atoms with Gasteiger partial charge in [0, 0.05) is 18.1 Å². The van der Waals surface area contributed by atoms with Crippen LogP contribution in [-0.2, 0) is 27.7 Å². The predicted molar refractivity (Wildman–Crippen MR) is 118 cm³/mol. The van der Waals surface area contributed by atoms with Gasteiger partial charge in [-0.3, -0.25) is 4.79 Å². The monoisotopic (exact) mass is 438 g/mol. The summed E-state index contributed by atoms with van der Waals surface area (Å²) in [6.07, 6.45) is 9.39. The van der Waals surface area contributed by atoms with Crippen LogP contribution in [0.15, 0.2) is 66.1 Å². The molecule has 1 amide bonds. The molecule has 0 aliphatic heterocycles. The van der Waals surface area contributed by atoms with Crippen LogP contribution in [0.25, 0.3) is 5.69 Å². The zero-order valence-electron chi connectivity index (χ0n) is 17.4. The minimum atomic E-state index is -3.74. The van der Waals surface area contributed by atoms with Gasteiger partial charge in [-0.05, 0) is 73.6 Å². The van der Waals surface area contributed by atoms with Crippen LogP contribution in [0.2, 0.25) is 0 Å². The Morgan fingerprint density at radius 2 is 1.84 bits per heavy atom. The number of sulfonamides is 1. The first-order valence-electron chi connectivity index (χ1n) is 10.4. The summed E-state index contributed by atoms with van der Waals surface area (Å²) < 4.78 is 29.6. The van der Waals surface area contributed by atoms with E-state index in [1.165, 1.54) is 5.56 Å². The van der Waals surface area contributed by atoms with Crippen molar-refractivity contribution in [3.63, 3.8) is 0 Å². The maximum absolute atomic E-state index is 12.6. The third kappa shape index (κ3) is 5.03. The van der Waals surface area contributed by atoms with E-state index in [4.69, 9.17) is 0 Å². The lowest BCUT2D eigenvalue weighted by Crippen LogP contribution is -2.38. The Morgan fingerprint density at radius 1 is 1.10 bits per heavy atom. The molecule has 0 saturated carbocycles. The molecular formula is C23H26N4O3S. The summed E-state index contributed by atoms with van der Waals surface area (Å²) in [5.74, 6) is -0.382. The van der Waals surface area contributed by atoms with Gasteiger partial charge in [-0.25, -0.2) is 18.1 Å². The largest absolute Gasteiger partial charge is 0.348 e. The second kappa shape index (κ2) is 9.03. The number of carbonyl (C=O) groups is 1. The zero-order valence-corrected chi connectivity index (χ0v) is 18.2. The van der Waals surface area contributed by atoms with Gasteiger partial charge in [0.15, 0.2) is 0 Å². The SMILES string of the molecule is CC(NC(=O)CNS(=O)(=O)c1ccc2c(c1)CCCC2)c1ccc(-n2ccnc2)cc1. The summed E-state index contributed by atoms with van der Waals surface area (Å²) in [6, 6.07) is 12.7. The number of carbonyl (C=O) groups excluding carboxylic acids is 1. The molecule has 162 valence electrons. The lowest BCUT2D eigenvalue weighted by atomic mass is 9.92. The summed E-state index contributed by atoms with van der Waals surface area (Å²) in [6.45, 7) is 1.55. The molecule has 3 aromatic rings. The van der Waals surface area contributed by atoms with Crippen molar-refractivity contribution in [1.82, 2.24) is 19.6 Å². The first-order valence-corrected chi connectivity index (χ1v) is 11.9. The molecule has 0 radical (unpaired) electrons. The Bertz CT molecular complexity index is 1160. The van der Waals surface area contributed by atoms with Crippen molar-refractivity contribution in [3.05, 3.63) is 77.9 Å². The summed E-state index contributed by atoms with van der Waals surface area (Å²) in [4.78, 5) is 16.6. The highest BCUT2D eigenvalue weighted by Gasteiger charge is 2.19. The Kier molecular flexibility index (Phi) is 6.20. The van der Waals surface area contributed by atoms with E-state index < -0.39 is 10.0 Å². The van der Waals surface area contributed by atoms with E-state index in [2.05, 4.69) is 15.0 Å². The van der Waals surface area contributed by atoms with E-state index in [-0.39, 0.29) is 23.4 Å². The molecule has 2 aromatic carbocycles. The van der Waals surface area contributed by atoms with Gasteiger partial charge in [0.25, 0.3) is 0 Å².